The van der Waals surface area contributed by atoms with Gasteiger partial charge in [0.1, 0.15) is 12.1 Å². The SMILES string of the molecule is O=C(CN1C(=O)c2cccc([N+](=O)[O-])c2C1=O)OCC(=O)C12CC3CC(CC(C3)C1)C2. The van der Waals surface area contributed by atoms with Crippen LogP contribution in [0, 0.1) is 33.3 Å². The minimum atomic E-state index is -0.906. The first-order valence-electron chi connectivity index (χ1n) is 10.6. The van der Waals surface area contributed by atoms with Gasteiger partial charge in [-0.1, -0.05) is 6.07 Å². The van der Waals surface area contributed by atoms with E-state index in [1.54, 1.807) is 0 Å². The van der Waals surface area contributed by atoms with Crippen molar-refractivity contribution in [2.75, 3.05) is 13.2 Å². The second-order valence-electron chi connectivity index (χ2n) is 9.44. The van der Waals surface area contributed by atoms with Gasteiger partial charge >= 0.3 is 5.97 Å². The largest absolute Gasteiger partial charge is 0.456 e. The Morgan fingerprint density at radius 2 is 1.68 bits per heavy atom. The first kappa shape index (κ1) is 19.8. The van der Waals surface area contributed by atoms with Gasteiger partial charge in [-0.2, -0.15) is 0 Å². The lowest BCUT2D eigenvalue weighted by Gasteiger charge is -2.55. The van der Waals surface area contributed by atoms with Crippen LogP contribution in [-0.2, 0) is 14.3 Å². The molecule has 0 saturated heterocycles. The van der Waals surface area contributed by atoms with Crippen LogP contribution in [0.25, 0.3) is 0 Å². The Bertz CT molecular complexity index is 995. The third-order valence-electron chi connectivity index (χ3n) is 7.45. The second-order valence-corrected chi connectivity index (χ2v) is 9.44. The van der Waals surface area contributed by atoms with Crippen molar-refractivity contribution in [2.45, 2.75) is 38.5 Å². The van der Waals surface area contributed by atoms with Crippen LogP contribution < -0.4 is 0 Å². The molecule has 1 aromatic carbocycles. The number of imide groups is 1. The van der Waals surface area contributed by atoms with Gasteiger partial charge in [0.05, 0.1) is 10.5 Å². The van der Waals surface area contributed by atoms with E-state index in [1.807, 2.05) is 0 Å². The number of benzene rings is 1. The molecule has 1 aromatic rings. The zero-order valence-corrected chi connectivity index (χ0v) is 16.9. The highest BCUT2D eigenvalue weighted by atomic mass is 16.6. The number of hydrogen-bond donors (Lipinski definition) is 0. The molecule has 0 spiro atoms. The van der Waals surface area contributed by atoms with E-state index >= 15 is 0 Å². The van der Waals surface area contributed by atoms with Crippen molar-refractivity contribution in [3.05, 3.63) is 39.4 Å². The lowest BCUT2D eigenvalue weighted by atomic mass is 9.48. The van der Waals surface area contributed by atoms with E-state index in [4.69, 9.17) is 4.74 Å². The van der Waals surface area contributed by atoms with Gasteiger partial charge in [-0.05, 0) is 62.3 Å². The molecule has 9 nitrogen and oxygen atoms in total. The third kappa shape index (κ3) is 3.14. The predicted molar refractivity (Wildman–Crippen MR) is 105 cm³/mol. The van der Waals surface area contributed by atoms with E-state index in [1.165, 1.54) is 31.4 Å². The smallest absolute Gasteiger partial charge is 0.326 e. The maximum atomic E-state index is 13.0. The van der Waals surface area contributed by atoms with Crippen LogP contribution >= 0.6 is 0 Å². The zero-order chi connectivity index (χ0) is 21.9. The average molecular weight is 426 g/mol. The number of hydrogen-bond acceptors (Lipinski definition) is 7. The number of fused-ring (bicyclic) bond motifs is 1. The monoisotopic (exact) mass is 426 g/mol. The van der Waals surface area contributed by atoms with E-state index in [0.717, 1.165) is 25.3 Å². The van der Waals surface area contributed by atoms with Crippen molar-refractivity contribution < 1.29 is 28.8 Å². The molecule has 2 amide bonds. The lowest BCUT2D eigenvalue weighted by molar-refractivity contribution is -0.385. The fraction of sp³-hybridized carbons (Fsp3) is 0.545. The van der Waals surface area contributed by atoms with Crippen LogP contribution in [0.1, 0.15) is 59.2 Å². The van der Waals surface area contributed by atoms with Crippen molar-refractivity contribution in [2.24, 2.45) is 23.2 Å². The predicted octanol–water partition coefficient (Wildman–Crippen LogP) is 2.52. The summed E-state index contributed by atoms with van der Waals surface area (Å²) in [6.07, 6.45) is 6.15. The van der Waals surface area contributed by atoms with Crippen molar-refractivity contribution in [3.63, 3.8) is 0 Å². The Morgan fingerprint density at radius 3 is 2.26 bits per heavy atom. The molecule has 4 aliphatic carbocycles. The van der Waals surface area contributed by atoms with E-state index in [-0.39, 0.29) is 23.5 Å². The molecule has 9 heteroatoms. The minimum Gasteiger partial charge on any atom is -0.456 e. The fourth-order valence-corrected chi connectivity index (χ4v) is 6.54. The lowest BCUT2D eigenvalue weighted by Crippen LogP contribution is -2.51. The normalized spacial score (nSPS) is 30.5. The highest BCUT2D eigenvalue weighted by molar-refractivity contribution is 6.24. The number of carbonyl (C=O) groups excluding carboxylic acids is 4. The van der Waals surface area contributed by atoms with Crippen LogP contribution in [0.3, 0.4) is 0 Å². The summed E-state index contributed by atoms with van der Waals surface area (Å²) in [5.74, 6) is -0.891. The first-order chi connectivity index (χ1) is 14.8. The van der Waals surface area contributed by atoms with Crippen LogP contribution in [0.5, 0.6) is 0 Å². The number of nitro benzene ring substituents is 1. The molecule has 0 aromatic heterocycles. The zero-order valence-electron chi connectivity index (χ0n) is 16.9. The van der Waals surface area contributed by atoms with Gasteiger partial charge in [0, 0.05) is 11.5 Å². The number of ketones is 1. The second kappa shape index (κ2) is 6.96. The fourth-order valence-electron chi connectivity index (χ4n) is 6.54. The number of amides is 2. The molecular weight excluding hydrogens is 404 g/mol. The molecule has 5 aliphatic rings. The molecule has 4 saturated carbocycles. The topological polar surface area (TPSA) is 124 Å². The number of esters is 1. The van der Waals surface area contributed by atoms with Crippen molar-refractivity contribution >= 4 is 29.3 Å². The molecule has 0 radical (unpaired) electrons. The van der Waals surface area contributed by atoms with Gasteiger partial charge in [0.15, 0.2) is 12.4 Å². The minimum absolute atomic E-state index is 0.0713. The Balaban J connectivity index is 1.23. The van der Waals surface area contributed by atoms with E-state index in [2.05, 4.69) is 0 Å². The molecule has 1 heterocycles. The first-order valence-corrected chi connectivity index (χ1v) is 10.6. The van der Waals surface area contributed by atoms with Gasteiger partial charge in [-0.15, -0.1) is 0 Å². The number of nitro groups is 1. The number of carbonyl (C=O) groups is 4. The molecule has 6 rings (SSSR count). The summed E-state index contributed by atoms with van der Waals surface area (Å²) in [5.41, 5.74) is -1.32. The molecule has 31 heavy (non-hydrogen) atoms. The summed E-state index contributed by atoms with van der Waals surface area (Å²) in [6, 6.07) is 3.76. The maximum Gasteiger partial charge on any atom is 0.326 e. The van der Waals surface area contributed by atoms with E-state index < -0.39 is 40.4 Å². The quantitative estimate of drug-likeness (QED) is 0.296. The Hall–Kier alpha value is -3.10. The Morgan fingerprint density at radius 1 is 1.06 bits per heavy atom. The number of rotatable bonds is 6. The molecule has 0 N–H and O–H groups in total. The molecule has 4 fully saturated rings. The number of Topliss-reactive ketones (excluding diaryl/α,β-unsaturated/α-hetero) is 1. The molecule has 0 unspecified atom stereocenters. The van der Waals surface area contributed by atoms with Crippen LogP contribution in [0.4, 0.5) is 5.69 Å². The molecular formula is C22H22N2O7. The average Bonchev–Trinajstić information content (AvgIpc) is 2.96. The highest BCUT2D eigenvalue weighted by Crippen LogP contribution is 2.60. The van der Waals surface area contributed by atoms with Gasteiger partial charge in [-0.25, -0.2) is 0 Å². The summed E-state index contributed by atoms with van der Waals surface area (Å²) in [4.78, 5) is 61.4. The van der Waals surface area contributed by atoms with Gasteiger partial charge in [-0.3, -0.25) is 34.2 Å². The number of ether oxygens (including phenoxy) is 1. The summed E-state index contributed by atoms with van der Waals surface area (Å²) in [6.45, 7) is -1.05. The van der Waals surface area contributed by atoms with Crippen LogP contribution in [-0.4, -0.2) is 46.5 Å². The summed E-state index contributed by atoms with van der Waals surface area (Å²) < 4.78 is 5.16. The highest BCUT2D eigenvalue weighted by Gasteiger charge is 2.54. The number of nitrogens with zero attached hydrogens (tertiary/aromatic N) is 2. The third-order valence-corrected chi connectivity index (χ3v) is 7.45. The molecule has 162 valence electrons. The van der Waals surface area contributed by atoms with Crippen molar-refractivity contribution in [3.8, 4) is 0 Å². The summed E-state index contributed by atoms with van der Waals surface area (Å²) in [5, 5.41) is 11.2. The van der Waals surface area contributed by atoms with Crippen molar-refractivity contribution in [1.82, 2.24) is 4.90 Å². The maximum absolute atomic E-state index is 13.0. The van der Waals surface area contributed by atoms with Gasteiger partial charge in [0.25, 0.3) is 17.5 Å². The molecule has 1 aliphatic heterocycles. The molecule has 4 bridgehead atoms. The standard InChI is InChI=1S/C22H22N2O7/c25-17(22-7-12-4-13(8-22)6-14(5-12)9-22)11-31-18(26)10-23-20(27)15-2-1-3-16(24(29)30)19(15)21(23)28/h1-3,12-14H,4-11H2. The van der Waals surface area contributed by atoms with E-state index in [9.17, 15) is 29.3 Å². The van der Waals surface area contributed by atoms with Gasteiger partial charge in [0.2, 0.25) is 0 Å². The molecule has 0 atom stereocenters. The van der Waals surface area contributed by atoms with Crippen molar-refractivity contribution in [1.29, 1.82) is 0 Å². The van der Waals surface area contributed by atoms with Crippen LogP contribution in [0.15, 0.2) is 18.2 Å². The van der Waals surface area contributed by atoms with Crippen LogP contribution in [0.2, 0.25) is 0 Å². The summed E-state index contributed by atoms with van der Waals surface area (Å²) in [7, 11) is 0. The van der Waals surface area contributed by atoms with E-state index in [0.29, 0.717) is 22.7 Å². The Labute approximate surface area is 177 Å². The Kier molecular flexibility index (Phi) is 4.46. The summed E-state index contributed by atoms with van der Waals surface area (Å²) >= 11 is 0. The van der Waals surface area contributed by atoms with Gasteiger partial charge < -0.3 is 4.74 Å².